The maximum atomic E-state index is 13.3. The zero-order chi connectivity index (χ0) is 22.9. The molecule has 4 aromatic rings. The van der Waals surface area contributed by atoms with Crippen LogP contribution in [-0.4, -0.2) is 21.5 Å². The average Bonchev–Trinajstić information content (AvgIpc) is 3.23. The second-order valence-electron chi connectivity index (χ2n) is 8.59. The van der Waals surface area contributed by atoms with E-state index < -0.39 is 0 Å². The Morgan fingerprint density at radius 1 is 1.09 bits per heavy atom. The lowest BCUT2D eigenvalue weighted by Crippen LogP contribution is -2.22. The maximum absolute atomic E-state index is 13.3. The van der Waals surface area contributed by atoms with Gasteiger partial charge in [0.05, 0.1) is 17.3 Å². The van der Waals surface area contributed by atoms with Gasteiger partial charge in [0, 0.05) is 24.3 Å². The van der Waals surface area contributed by atoms with E-state index in [2.05, 4.69) is 39.9 Å². The van der Waals surface area contributed by atoms with Gasteiger partial charge in [0.2, 0.25) is 5.43 Å². The molecule has 0 unspecified atom stereocenters. The van der Waals surface area contributed by atoms with Crippen molar-refractivity contribution in [1.29, 1.82) is 0 Å². The van der Waals surface area contributed by atoms with Crippen LogP contribution < -0.4 is 16.1 Å². The van der Waals surface area contributed by atoms with Gasteiger partial charge < -0.3 is 15.2 Å². The summed E-state index contributed by atoms with van der Waals surface area (Å²) in [6.45, 7) is 4.58. The fraction of sp³-hybridized carbons (Fsp3) is 0.222. The van der Waals surface area contributed by atoms with Gasteiger partial charge in [-0.3, -0.25) is 9.59 Å². The first-order valence-electron chi connectivity index (χ1n) is 11.3. The van der Waals surface area contributed by atoms with Crippen molar-refractivity contribution in [3.05, 3.63) is 99.5 Å². The zero-order valence-electron chi connectivity index (χ0n) is 18.8. The van der Waals surface area contributed by atoms with Crippen molar-refractivity contribution in [3.8, 4) is 0 Å². The number of carbonyl (C=O) groups is 1. The van der Waals surface area contributed by atoms with E-state index in [1.165, 1.54) is 11.1 Å². The SMILES string of the molecule is CCn1cc(NC(=O)c2ccc(C)cc2)c(=O)c2cc(NC3Cc4ccccc4C3)cnc21. The number of benzene rings is 2. The highest BCUT2D eigenvalue weighted by Crippen LogP contribution is 2.25. The van der Waals surface area contributed by atoms with E-state index in [4.69, 9.17) is 0 Å². The lowest BCUT2D eigenvalue weighted by atomic mass is 10.1. The molecule has 0 atom stereocenters. The van der Waals surface area contributed by atoms with Crippen LogP contribution in [0.2, 0.25) is 0 Å². The van der Waals surface area contributed by atoms with Gasteiger partial charge in [-0.05, 0) is 56.0 Å². The molecule has 0 saturated carbocycles. The number of hydrogen-bond donors (Lipinski definition) is 2. The number of aryl methyl sites for hydroxylation is 2. The molecule has 6 heteroatoms. The molecule has 0 fully saturated rings. The summed E-state index contributed by atoms with van der Waals surface area (Å²) in [7, 11) is 0. The molecule has 5 rings (SSSR count). The molecule has 0 aliphatic heterocycles. The quantitative estimate of drug-likeness (QED) is 0.479. The fourth-order valence-corrected chi connectivity index (χ4v) is 4.48. The third-order valence-electron chi connectivity index (χ3n) is 6.24. The van der Waals surface area contributed by atoms with Crippen LogP contribution in [0.1, 0.15) is 34.0 Å². The molecular formula is C27H26N4O2. The molecule has 2 aromatic heterocycles. The van der Waals surface area contributed by atoms with Gasteiger partial charge in [-0.1, -0.05) is 42.0 Å². The van der Waals surface area contributed by atoms with Crippen molar-refractivity contribution in [2.24, 2.45) is 0 Å². The topological polar surface area (TPSA) is 76.0 Å². The van der Waals surface area contributed by atoms with Crippen molar-refractivity contribution in [1.82, 2.24) is 9.55 Å². The Bertz CT molecular complexity index is 1380. The molecule has 166 valence electrons. The van der Waals surface area contributed by atoms with Crippen LogP contribution in [-0.2, 0) is 19.4 Å². The van der Waals surface area contributed by atoms with Crippen molar-refractivity contribution in [3.63, 3.8) is 0 Å². The Kier molecular flexibility index (Phi) is 5.42. The van der Waals surface area contributed by atoms with Gasteiger partial charge in [0.1, 0.15) is 11.3 Å². The smallest absolute Gasteiger partial charge is 0.255 e. The number of carbonyl (C=O) groups excluding carboxylic acids is 1. The number of aromatic nitrogens is 2. The zero-order valence-corrected chi connectivity index (χ0v) is 18.8. The molecule has 0 spiro atoms. The van der Waals surface area contributed by atoms with E-state index in [9.17, 15) is 9.59 Å². The summed E-state index contributed by atoms with van der Waals surface area (Å²) in [6.07, 6.45) is 5.34. The fourth-order valence-electron chi connectivity index (χ4n) is 4.48. The number of amides is 1. The van der Waals surface area contributed by atoms with Crippen molar-refractivity contribution < 1.29 is 4.79 Å². The van der Waals surface area contributed by atoms with Crippen molar-refractivity contribution in [2.45, 2.75) is 39.3 Å². The summed E-state index contributed by atoms with van der Waals surface area (Å²) in [5, 5.41) is 6.82. The standard InChI is InChI=1S/C27H26N4O2/c1-3-31-16-24(30-27(33)18-10-8-17(2)9-11-18)25(32)23-14-22(15-28-26(23)31)29-21-12-19-6-4-5-7-20(19)13-21/h4-11,14-16,21,29H,3,12-13H2,1-2H3,(H,30,33). The second kappa shape index (κ2) is 8.54. The monoisotopic (exact) mass is 438 g/mol. The first-order chi connectivity index (χ1) is 16.0. The molecule has 0 radical (unpaired) electrons. The Balaban J connectivity index is 1.45. The number of nitrogens with zero attached hydrogens (tertiary/aromatic N) is 2. The largest absolute Gasteiger partial charge is 0.380 e. The van der Waals surface area contributed by atoms with Gasteiger partial charge in [0.15, 0.2) is 0 Å². The Morgan fingerprint density at radius 3 is 2.45 bits per heavy atom. The highest BCUT2D eigenvalue weighted by molar-refractivity contribution is 6.04. The molecule has 1 aliphatic rings. The molecule has 33 heavy (non-hydrogen) atoms. The molecular weight excluding hydrogens is 412 g/mol. The highest BCUT2D eigenvalue weighted by Gasteiger charge is 2.21. The Hall–Kier alpha value is -3.93. The van der Waals surface area contributed by atoms with E-state index >= 15 is 0 Å². The minimum atomic E-state index is -0.305. The highest BCUT2D eigenvalue weighted by atomic mass is 16.2. The van der Waals surface area contributed by atoms with Crippen molar-refractivity contribution >= 4 is 28.3 Å². The molecule has 1 amide bonds. The first-order valence-corrected chi connectivity index (χ1v) is 11.3. The van der Waals surface area contributed by atoms with Crippen LogP contribution in [0.15, 0.2) is 71.8 Å². The number of hydrogen-bond acceptors (Lipinski definition) is 4. The summed E-state index contributed by atoms with van der Waals surface area (Å²) < 4.78 is 1.89. The molecule has 2 heterocycles. The third-order valence-corrected chi connectivity index (χ3v) is 6.24. The van der Waals surface area contributed by atoms with Crippen LogP contribution in [0.25, 0.3) is 11.0 Å². The minimum Gasteiger partial charge on any atom is -0.380 e. The average molecular weight is 439 g/mol. The number of nitrogens with one attached hydrogen (secondary N) is 2. The Morgan fingerprint density at radius 2 is 1.79 bits per heavy atom. The number of anilines is 2. The lowest BCUT2D eigenvalue weighted by Gasteiger charge is -2.16. The van der Waals surface area contributed by atoms with E-state index in [1.54, 1.807) is 24.5 Å². The van der Waals surface area contributed by atoms with Gasteiger partial charge in [-0.2, -0.15) is 0 Å². The van der Waals surface area contributed by atoms with Crippen LogP contribution in [0.3, 0.4) is 0 Å². The molecule has 2 aromatic carbocycles. The second-order valence-corrected chi connectivity index (χ2v) is 8.59. The van der Waals surface area contributed by atoms with Crippen LogP contribution in [0.4, 0.5) is 11.4 Å². The maximum Gasteiger partial charge on any atom is 0.255 e. The predicted octanol–water partition coefficient (Wildman–Crippen LogP) is 4.56. The summed E-state index contributed by atoms with van der Waals surface area (Å²) in [5.74, 6) is -0.305. The molecule has 1 aliphatic carbocycles. The summed E-state index contributed by atoms with van der Waals surface area (Å²) in [6, 6.07) is 17.8. The predicted molar refractivity (Wildman–Crippen MR) is 132 cm³/mol. The molecule has 2 N–H and O–H groups in total. The number of rotatable bonds is 5. The van der Waals surface area contributed by atoms with E-state index in [-0.39, 0.29) is 23.1 Å². The van der Waals surface area contributed by atoms with Crippen LogP contribution in [0, 0.1) is 6.92 Å². The van der Waals surface area contributed by atoms with E-state index in [0.29, 0.717) is 23.1 Å². The van der Waals surface area contributed by atoms with E-state index in [0.717, 1.165) is 24.1 Å². The van der Waals surface area contributed by atoms with E-state index in [1.807, 2.05) is 36.6 Å². The molecule has 6 nitrogen and oxygen atoms in total. The van der Waals surface area contributed by atoms with Crippen LogP contribution in [0.5, 0.6) is 0 Å². The number of fused-ring (bicyclic) bond motifs is 2. The lowest BCUT2D eigenvalue weighted by molar-refractivity contribution is 0.102. The molecule has 0 saturated heterocycles. The summed E-state index contributed by atoms with van der Waals surface area (Å²) in [5.41, 5.74) is 5.73. The minimum absolute atomic E-state index is 0.235. The summed E-state index contributed by atoms with van der Waals surface area (Å²) in [4.78, 5) is 30.6. The normalized spacial score (nSPS) is 13.2. The van der Waals surface area contributed by atoms with Gasteiger partial charge in [-0.15, -0.1) is 0 Å². The van der Waals surface area contributed by atoms with Gasteiger partial charge in [-0.25, -0.2) is 4.98 Å². The van der Waals surface area contributed by atoms with Crippen molar-refractivity contribution in [2.75, 3.05) is 10.6 Å². The number of pyridine rings is 2. The third kappa shape index (κ3) is 4.12. The Labute approximate surface area is 192 Å². The van der Waals surface area contributed by atoms with Crippen LogP contribution >= 0.6 is 0 Å². The van der Waals surface area contributed by atoms with Gasteiger partial charge in [0.25, 0.3) is 5.91 Å². The van der Waals surface area contributed by atoms with Gasteiger partial charge >= 0.3 is 0 Å². The first kappa shape index (κ1) is 20.9. The summed E-state index contributed by atoms with van der Waals surface area (Å²) >= 11 is 0. The molecule has 0 bridgehead atoms.